The van der Waals surface area contributed by atoms with E-state index in [9.17, 15) is 4.79 Å². The van der Waals surface area contributed by atoms with E-state index in [4.69, 9.17) is 16.7 Å². The van der Waals surface area contributed by atoms with E-state index in [1.807, 2.05) is 18.2 Å². The van der Waals surface area contributed by atoms with Gasteiger partial charge in [0.2, 0.25) is 0 Å². The Kier molecular flexibility index (Phi) is 4.87. The number of nitrogens with zero attached hydrogens (tertiary/aromatic N) is 1. The van der Waals surface area contributed by atoms with Crippen molar-refractivity contribution in [1.29, 1.82) is 0 Å². The molecule has 1 aliphatic heterocycles. The molecule has 0 radical (unpaired) electrons. The van der Waals surface area contributed by atoms with Gasteiger partial charge in [0.25, 0.3) is 0 Å². The minimum atomic E-state index is -0.693. The van der Waals surface area contributed by atoms with Crippen LogP contribution < -0.4 is 0 Å². The molecule has 2 unspecified atom stereocenters. The molecule has 19 heavy (non-hydrogen) atoms. The third kappa shape index (κ3) is 3.71. The van der Waals surface area contributed by atoms with E-state index in [1.165, 1.54) is 0 Å². The zero-order valence-corrected chi connectivity index (χ0v) is 13.1. The fraction of sp³-hybridized carbons (Fsp3) is 0.500. The van der Waals surface area contributed by atoms with Gasteiger partial charge in [0.1, 0.15) is 0 Å². The zero-order valence-electron chi connectivity index (χ0n) is 10.8. The molecule has 0 saturated carbocycles. The summed E-state index contributed by atoms with van der Waals surface area (Å²) in [7, 11) is 0. The summed E-state index contributed by atoms with van der Waals surface area (Å²) in [5, 5.41) is 9.86. The summed E-state index contributed by atoms with van der Waals surface area (Å²) < 4.78 is 1.02. The van der Waals surface area contributed by atoms with Crippen molar-refractivity contribution in [3.63, 3.8) is 0 Å². The van der Waals surface area contributed by atoms with Crippen LogP contribution in [0, 0.1) is 5.92 Å². The van der Waals surface area contributed by atoms with E-state index in [-0.39, 0.29) is 5.92 Å². The molecule has 104 valence electrons. The van der Waals surface area contributed by atoms with Crippen LogP contribution in [0.5, 0.6) is 0 Å². The molecule has 0 amide bonds. The van der Waals surface area contributed by atoms with Gasteiger partial charge in [-0.2, -0.15) is 0 Å². The zero-order chi connectivity index (χ0) is 14.0. The maximum atomic E-state index is 11.1. The van der Waals surface area contributed by atoms with Gasteiger partial charge >= 0.3 is 5.97 Å². The lowest BCUT2D eigenvalue weighted by molar-refractivity contribution is -0.144. The molecule has 1 fully saturated rings. The fourth-order valence-corrected chi connectivity index (χ4v) is 3.05. The van der Waals surface area contributed by atoms with Crippen LogP contribution >= 0.6 is 27.5 Å². The molecule has 1 N–H and O–H groups in total. The van der Waals surface area contributed by atoms with Crippen LogP contribution in [0.4, 0.5) is 0 Å². The lowest BCUT2D eigenvalue weighted by Gasteiger charge is -2.36. The smallest absolute Gasteiger partial charge is 0.307 e. The molecule has 0 aromatic heterocycles. The Hall–Kier alpha value is -0.580. The summed E-state index contributed by atoms with van der Waals surface area (Å²) in [6.45, 7) is 3.48. The topological polar surface area (TPSA) is 40.5 Å². The van der Waals surface area contributed by atoms with Crippen LogP contribution in [0.15, 0.2) is 22.7 Å². The van der Waals surface area contributed by atoms with Crippen LogP contribution in [0.3, 0.4) is 0 Å². The Labute approximate surface area is 126 Å². The maximum Gasteiger partial charge on any atom is 0.307 e. The van der Waals surface area contributed by atoms with E-state index in [0.29, 0.717) is 17.6 Å². The third-order valence-electron chi connectivity index (χ3n) is 3.74. The number of hydrogen-bond acceptors (Lipinski definition) is 2. The normalized spacial score (nSPS) is 24.4. The van der Waals surface area contributed by atoms with Crippen molar-refractivity contribution in [3.05, 3.63) is 33.3 Å². The summed E-state index contributed by atoms with van der Waals surface area (Å²) in [6, 6.07) is 6.11. The van der Waals surface area contributed by atoms with Crippen LogP contribution in [0.25, 0.3) is 0 Å². The second kappa shape index (κ2) is 6.25. The number of carboxylic acids is 1. The van der Waals surface area contributed by atoms with Crippen LogP contribution in [-0.4, -0.2) is 28.6 Å². The molecule has 5 heteroatoms. The predicted octanol–water partition coefficient (Wildman–Crippen LogP) is 3.79. The number of benzene rings is 1. The SMILES string of the molecule is CC1CCC(C(=O)O)CN1Cc1cc(Cl)ccc1Br. The summed E-state index contributed by atoms with van der Waals surface area (Å²) in [6.07, 6.45) is 1.69. The van der Waals surface area contributed by atoms with Gasteiger partial charge in [0.05, 0.1) is 5.92 Å². The molecule has 1 aromatic carbocycles. The monoisotopic (exact) mass is 345 g/mol. The van der Waals surface area contributed by atoms with Gasteiger partial charge < -0.3 is 5.11 Å². The van der Waals surface area contributed by atoms with Crippen molar-refractivity contribution < 1.29 is 9.90 Å². The molecule has 1 heterocycles. The number of rotatable bonds is 3. The third-order valence-corrected chi connectivity index (χ3v) is 4.75. The van der Waals surface area contributed by atoms with Gasteiger partial charge in [-0.25, -0.2) is 0 Å². The largest absolute Gasteiger partial charge is 0.481 e. The quantitative estimate of drug-likeness (QED) is 0.905. The van der Waals surface area contributed by atoms with Gasteiger partial charge in [0.15, 0.2) is 0 Å². The van der Waals surface area contributed by atoms with Gasteiger partial charge in [-0.05, 0) is 43.5 Å². The summed E-state index contributed by atoms with van der Waals surface area (Å²) in [5.74, 6) is -0.948. The molecule has 3 nitrogen and oxygen atoms in total. The molecule has 1 aromatic rings. The van der Waals surface area contributed by atoms with Crippen LogP contribution in [0.1, 0.15) is 25.3 Å². The van der Waals surface area contributed by atoms with Crippen molar-refractivity contribution in [2.24, 2.45) is 5.92 Å². The highest BCUT2D eigenvalue weighted by Crippen LogP contribution is 2.27. The Bertz CT molecular complexity index is 481. The molecule has 2 atom stereocenters. The number of carboxylic acid groups (broad SMARTS) is 1. The Morgan fingerprint density at radius 2 is 2.26 bits per heavy atom. The van der Waals surface area contributed by atoms with Crippen LogP contribution in [0.2, 0.25) is 5.02 Å². The fourth-order valence-electron chi connectivity index (χ4n) is 2.48. The first-order chi connectivity index (χ1) is 8.97. The van der Waals surface area contributed by atoms with E-state index in [1.54, 1.807) is 0 Å². The Morgan fingerprint density at radius 1 is 1.53 bits per heavy atom. The second-order valence-electron chi connectivity index (χ2n) is 5.13. The average Bonchev–Trinajstić information content (AvgIpc) is 2.36. The summed E-state index contributed by atoms with van der Waals surface area (Å²) >= 11 is 9.54. The highest BCUT2D eigenvalue weighted by molar-refractivity contribution is 9.10. The number of carbonyl (C=O) groups is 1. The average molecular weight is 347 g/mol. The number of likely N-dealkylation sites (tertiary alicyclic amines) is 1. The first-order valence-corrected chi connectivity index (χ1v) is 7.55. The van der Waals surface area contributed by atoms with E-state index in [2.05, 4.69) is 27.8 Å². The van der Waals surface area contributed by atoms with Crippen LogP contribution in [-0.2, 0) is 11.3 Å². The van der Waals surface area contributed by atoms with Gasteiger partial charge in [0, 0.05) is 28.6 Å². The first kappa shape index (κ1) is 14.8. The molecule has 0 aliphatic carbocycles. The minimum Gasteiger partial charge on any atom is -0.481 e. The highest BCUT2D eigenvalue weighted by atomic mass is 79.9. The van der Waals surface area contributed by atoms with Crippen molar-refractivity contribution in [2.45, 2.75) is 32.4 Å². The van der Waals surface area contributed by atoms with Crippen molar-refractivity contribution in [2.75, 3.05) is 6.54 Å². The summed E-state index contributed by atoms with van der Waals surface area (Å²) in [5.41, 5.74) is 1.10. The number of piperidine rings is 1. The van der Waals surface area contributed by atoms with E-state index >= 15 is 0 Å². The maximum absolute atomic E-state index is 11.1. The predicted molar refractivity (Wildman–Crippen MR) is 79.4 cm³/mol. The van der Waals surface area contributed by atoms with Crippen molar-refractivity contribution in [1.82, 2.24) is 4.90 Å². The molecular weight excluding hydrogens is 330 g/mol. The standard InChI is InChI=1S/C14H17BrClNO2/c1-9-2-3-10(14(18)19)7-17(9)8-11-6-12(16)4-5-13(11)15/h4-6,9-10H,2-3,7-8H2,1H3,(H,18,19). The number of halogens is 2. The van der Waals surface area contributed by atoms with E-state index in [0.717, 1.165) is 29.4 Å². The van der Waals surface area contributed by atoms with Crippen molar-refractivity contribution >= 4 is 33.5 Å². The molecule has 0 spiro atoms. The van der Waals surface area contributed by atoms with Gasteiger partial charge in [-0.1, -0.05) is 27.5 Å². The van der Waals surface area contributed by atoms with Crippen molar-refractivity contribution in [3.8, 4) is 0 Å². The lowest BCUT2D eigenvalue weighted by atomic mass is 9.93. The first-order valence-electron chi connectivity index (χ1n) is 6.38. The molecule has 1 aliphatic rings. The molecule has 1 saturated heterocycles. The highest BCUT2D eigenvalue weighted by Gasteiger charge is 2.29. The Balaban J connectivity index is 2.12. The molecule has 0 bridgehead atoms. The number of aliphatic carboxylic acids is 1. The van der Waals surface area contributed by atoms with Gasteiger partial charge in [-0.3, -0.25) is 9.69 Å². The lowest BCUT2D eigenvalue weighted by Crippen LogP contribution is -2.43. The number of hydrogen-bond donors (Lipinski definition) is 1. The molecule has 2 rings (SSSR count). The van der Waals surface area contributed by atoms with E-state index < -0.39 is 5.97 Å². The van der Waals surface area contributed by atoms with Gasteiger partial charge in [-0.15, -0.1) is 0 Å². The Morgan fingerprint density at radius 3 is 2.95 bits per heavy atom. The molecular formula is C14H17BrClNO2. The summed E-state index contributed by atoms with van der Waals surface area (Å²) in [4.78, 5) is 13.3. The second-order valence-corrected chi connectivity index (χ2v) is 6.42. The minimum absolute atomic E-state index is 0.255.